The zero-order chi connectivity index (χ0) is 21.9. The highest BCUT2D eigenvalue weighted by Crippen LogP contribution is 2.36. The van der Waals surface area contributed by atoms with Crippen LogP contribution in [0, 0.1) is 0 Å². The summed E-state index contributed by atoms with van der Waals surface area (Å²) in [4.78, 5) is 14.4. The van der Waals surface area contributed by atoms with Gasteiger partial charge in [-0.1, -0.05) is 11.6 Å². The topological polar surface area (TPSA) is 133 Å². The Morgan fingerprint density at radius 1 is 1.28 bits per heavy atom. The molecule has 1 aromatic carbocycles. The maximum atomic E-state index is 13.4. The number of aliphatic imine (C=N–C) groups is 1. The monoisotopic (exact) mass is 443 g/mol. The molecule has 0 amide bonds. The largest absolute Gasteiger partial charge is 0.493 e. The first-order valence-corrected chi connectivity index (χ1v) is 10.2. The van der Waals surface area contributed by atoms with Crippen LogP contribution in [0.2, 0.25) is 0 Å². The van der Waals surface area contributed by atoms with Gasteiger partial charge in [0.15, 0.2) is 11.5 Å². The van der Waals surface area contributed by atoms with Crippen molar-refractivity contribution >= 4 is 43.7 Å². The maximum Gasteiger partial charge on any atom is 0.303 e. The lowest BCUT2D eigenvalue weighted by Crippen LogP contribution is -2.21. The zero-order valence-electron chi connectivity index (χ0n) is 16.4. The Balaban J connectivity index is 2.88. The van der Waals surface area contributed by atoms with Gasteiger partial charge in [0.2, 0.25) is 0 Å². The van der Waals surface area contributed by atoms with Crippen LogP contribution >= 0.6 is 11.6 Å². The number of benzene rings is 1. The number of rotatable bonds is 8. The maximum absolute atomic E-state index is 13.4. The molecule has 29 heavy (non-hydrogen) atoms. The molecule has 0 unspecified atom stereocenters. The van der Waals surface area contributed by atoms with Crippen LogP contribution in [0.25, 0.3) is 10.9 Å². The van der Waals surface area contributed by atoms with Crippen LogP contribution < -0.4 is 15.2 Å². The lowest BCUT2D eigenvalue weighted by molar-refractivity contribution is -0.136. The summed E-state index contributed by atoms with van der Waals surface area (Å²) in [5.74, 6) is -0.316. The van der Waals surface area contributed by atoms with E-state index in [1.807, 2.05) is 0 Å². The van der Waals surface area contributed by atoms with E-state index in [1.165, 1.54) is 40.5 Å². The van der Waals surface area contributed by atoms with E-state index >= 15 is 0 Å². The summed E-state index contributed by atoms with van der Waals surface area (Å²) in [6.07, 6.45) is 1.29. The number of ether oxygens (including phenoxy) is 2. The Hall–Kier alpha value is -2.72. The number of carboxylic acid groups (broad SMARTS) is 1. The summed E-state index contributed by atoms with van der Waals surface area (Å²) in [7, 11) is -0.0156. The molecule has 158 valence electrons. The van der Waals surface area contributed by atoms with Crippen molar-refractivity contribution in [1.82, 2.24) is 3.97 Å². The highest BCUT2D eigenvalue weighted by Gasteiger charge is 2.29. The number of carboxylic acids is 1. The molecule has 0 atom stereocenters. The number of nitrogens with zero attached hydrogens (tertiary/aromatic N) is 2. The number of carbonyl (C=O) groups is 1. The number of allylic oxidation sites excluding steroid dienone is 2. The molecule has 0 fully saturated rings. The van der Waals surface area contributed by atoms with Gasteiger partial charge in [-0.25, -0.2) is 12.4 Å². The summed E-state index contributed by atoms with van der Waals surface area (Å²) in [6, 6.07) is 3.10. The van der Waals surface area contributed by atoms with Gasteiger partial charge >= 0.3 is 5.97 Å². The minimum Gasteiger partial charge on any atom is -0.493 e. The molecule has 0 spiro atoms. The third-order valence-corrected chi connectivity index (χ3v) is 6.55. The Morgan fingerprint density at radius 2 is 1.86 bits per heavy atom. The lowest BCUT2D eigenvalue weighted by atomic mass is 10.1. The molecule has 11 heteroatoms. The zero-order valence-corrected chi connectivity index (χ0v) is 18.0. The Morgan fingerprint density at radius 3 is 2.34 bits per heavy atom. The number of methoxy groups -OCH3 is 2. The summed E-state index contributed by atoms with van der Waals surface area (Å²) in [6.45, 7) is 1.40. The minimum absolute atomic E-state index is 0.0324. The molecule has 2 rings (SSSR count). The predicted octanol–water partition coefficient (Wildman–Crippen LogP) is 2.31. The van der Waals surface area contributed by atoms with Gasteiger partial charge in [0.25, 0.3) is 10.0 Å². The summed E-state index contributed by atoms with van der Waals surface area (Å²) in [5, 5.41) is 9.28. The van der Waals surface area contributed by atoms with Crippen molar-refractivity contribution in [2.75, 3.05) is 21.3 Å². The standard InChI is InChI=1S/C18H22ClN3O6S/c1-10(20)17(18(19)21-2)29(25,26)22-9-11(5-6-16(23)24)12-7-14(27-3)15(28-4)8-13(12)22/h7-9H,5-6,20H2,1-4H3,(H,23,24). The van der Waals surface area contributed by atoms with Crippen molar-refractivity contribution in [2.45, 2.75) is 19.8 Å². The summed E-state index contributed by atoms with van der Waals surface area (Å²) >= 11 is 6.02. The van der Waals surface area contributed by atoms with Gasteiger partial charge in [-0.15, -0.1) is 0 Å². The molecule has 0 radical (unpaired) electrons. The SMILES string of the molecule is CN=C(Cl)C(=C(C)N)S(=O)(=O)n1cc(CCC(=O)O)c2cc(OC)c(OC)cc21. The second-order valence-corrected chi connectivity index (χ2v) is 8.21. The highest BCUT2D eigenvalue weighted by atomic mass is 35.5. The van der Waals surface area contributed by atoms with Gasteiger partial charge in [-0.2, -0.15) is 0 Å². The Kier molecular flexibility index (Phi) is 6.81. The second-order valence-electron chi connectivity index (χ2n) is 6.10. The van der Waals surface area contributed by atoms with E-state index in [1.54, 1.807) is 6.07 Å². The molecule has 0 aliphatic rings. The number of hydrogen-bond donors (Lipinski definition) is 2. The minimum atomic E-state index is -4.24. The van der Waals surface area contributed by atoms with Crippen molar-refractivity contribution in [1.29, 1.82) is 0 Å². The normalized spacial score (nSPS) is 13.3. The quantitative estimate of drug-likeness (QED) is 0.598. The van der Waals surface area contributed by atoms with Crippen molar-refractivity contribution < 1.29 is 27.8 Å². The van der Waals surface area contributed by atoms with Gasteiger partial charge in [-0.3, -0.25) is 9.79 Å². The molecule has 2 aromatic rings. The Bertz CT molecular complexity index is 1110. The molecule has 0 aliphatic carbocycles. The molecular formula is C18H22ClN3O6S. The molecule has 0 saturated carbocycles. The molecule has 1 heterocycles. The Labute approximate surface area is 173 Å². The number of nitrogens with two attached hydrogens (primary N) is 1. The van der Waals surface area contributed by atoms with E-state index in [2.05, 4.69) is 4.99 Å². The van der Waals surface area contributed by atoms with Crippen LogP contribution in [-0.2, 0) is 21.2 Å². The first kappa shape index (κ1) is 22.6. The number of fused-ring (bicyclic) bond motifs is 1. The third-order valence-electron chi connectivity index (χ3n) is 4.23. The molecular weight excluding hydrogens is 422 g/mol. The lowest BCUT2D eigenvalue weighted by Gasteiger charge is -2.13. The number of halogens is 1. The van der Waals surface area contributed by atoms with Gasteiger partial charge in [0, 0.05) is 36.8 Å². The number of aromatic nitrogens is 1. The van der Waals surface area contributed by atoms with Crippen molar-refractivity contribution in [3.63, 3.8) is 0 Å². The molecule has 9 nitrogen and oxygen atoms in total. The van der Waals surface area contributed by atoms with Gasteiger partial charge in [0.05, 0.1) is 19.7 Å². The summed E-state index contributed by atoms with van der Waals surface area (Å²) < 4.78 is 38.3. The van der Waals surface area contributed by atoms with E-state index < -0.39 is 16.0 Å². The van der Waals surface area contributed by atoms with Crippen LogP contribution in [0.15, 0.2) is 33.9 Å². The van der Waals surface area contributed by atoms with Gasteiger partial charge < -0.3 is 20.3 Å². The molecule has 1 aromatic heterocycles. The van der Waals surface area contributed by atoms with E-state index in [4.69, 9.17) is 31.9 Å². The van der Waals surface area contributed by atoms with E-state index in [9.17, 15) is 13.2 Å². The average Bonchev–Trinajstić information content (AvgIpc) is 3.02. The van der Waals surface area contributed by atoms with Crippen LogP contribution in [0.5, 0.6) is 11.5 Å². The second kappa shape index (κ2) is 8.75. The number of aliphatic carboxylic acids is 1. The van der Waals surface area contributed by atoms with Crippen molar-refractivity contribution in [3.05, 3.63) is 34.5 Å². The van der Waals surface area contributed by atoms with Gasteiger partial charge in [-0.05, 0) is 25.0 Å². The molecule has 0 aliphatic heterocycles. The fourth-order valence-electron chi connectivity index (χ4n) is 2.90. The average molecular weight is 444 g/mol. The fourth-order valence-corrected chi connectivity index (χ4v) is 4.93. The van der Waals surface area contributed by atoms with E-state index in [0.717, 1.165) is 3.97 Å². The van der Waals surface area contributed by atoms with Crippen LogP contribution in [0.4, 0.5) is 0 Å². The van der Waals surface area contributed by atoms with E-state index in [0.29, 0.717) is 22.4 Å². The smallest absolute Gasteiger partial charge is 0.303 e. The van der Waals surface area contributed by atoms with E-state index in [-0.39, 0.29) is 34.1 Å². The molecule has 0 saturated heterocycles. The third kappa shape index (κ3) is 4.33. The highest BCUT2D eigenvalue weighted by molar-refractivity contribution is 7.95. The fraction of sp³-hybridized carbons (Fsp3) is 0.333. The predicted molar refractivity (Wildman–Crippen MR) is 111 cm³/mol. The first-order valence-electron chi connectivity index (χ1n) is 8.40. The van der Waals surface area contributed by atoms with Crippen molar-refractivity contribution in [3.8, 4) is 11.5 Å². The van der Waals surface area contributed by atoms with Crippen molar-refractivity contribution in [2.24, 2.45) is 10.7 Å². The van der Waals surface area contributed by atoms with Gasteiger partial charge in [0.1, 0.15) is 10.1 Å². The summed E-state index contributed by atoms with van der Waals surface area (Å²) in [5.41, 5.74) is 6.53. The van der Waals surface area contributed by atoms with Crippen LogP contribution in [0.3, 0.4) is 0 Å². The molecule has 3 N–H and O–H groups in total. The molecule has 0 bridgehead atoms. The number of aryl methyl sites for hydroxylation is 1. The van der Waals surface area contributed by atoms with Crippen LogP contribution in [-0.4, -0.2) is 49.9 Å². The number of hydrogen-bond acceptors (Lipinski definition) is 7. The van der Waals surface area contributed by atoms with Crippen LogP contribution in [0.1, 0.15) is 18.9 Å². The first-order chi connectivity index (χ1) is 13.6.